The molecule has 0 amide bonds. The molecule has 0 aliphatic rings. The lowest BCUT2D eigenvalue weighted by Gasteiger charge is -1.95. The van der Waals surface area contributed by atoms with Gasteiger partial charge in [0.05, 0.1) is 5.02 Å². The average molecular weight is 214 g/mol. The molecule has 0 aliphatic heterocycles. The van der Waals surface area contributed by atoms with Crippen molar-refractivity contribution < 1.29 is 0 Å². The summed E-state index contributed by atoms with van der Waals surface area (Å²) < 4.78 is 0. The van der Waals surface area contributed by atoms with Crippen LogP contribution in [0.5, 0.6) is 0 Å². The number of nitrogens with two attached hydrogens (primary N) is 1. The topological polar surface area (TPSA) is 26.0 Å². The van der Waals surface area contributed by atoms with E-state index in [0.29, 0.717) is 23.0 Å². The molecule has 0 spiro atoms. The Bertz CT molecular complexity index is 350. The fourth-order valence-electron chi connectivity index (χ4n) is 0.823. The van der Waals surface area contributed by atoms with Crippen molar-refractivity contribution in [3.05, 3.63) is 33.8 Å². The summed E-state index contributed by atoms with van der Waals surface area (Å²) in [7, 11) is 0. The van der Waals surface area contributed by atoms with Crippen LogP contribution in [0.3, 0.4) is 0 Å². The first-order valence-corrected chi connectivity index (χ1v) is 4.63. The molecular weight excluding hydrogens is 205 g/mol. The van der Waals surface area contributed by atoms with E-state index in [9.17, 15) is 0 Å². The molecule has 1 nitrogen and oxygen atoms in total. The van der Waals surface area contributed by atoms with Crippen molar-refractivity contribution in [2.45, 2.75) is 6.42 Å². The Morgan fingerprint density at radius 1 is 1.31 bits per heavy atom. The van der Waals surface area contributed by atoms with E-state index in [1.807, 2.05) is 0 Å². The van der Waals surface area contributed by atoms with Gasteiger partial charge >= 0.3 is 0 Å². The minimum atomic E-state index is 0.561. The van der Waals surface area contributed by atoms with E-state index in [1.165, 1.54) is 0 Å². The highest BCUT2D eigenvalue weighted by Gasteiger charge is 1.96. The monoisotopic (exact) mass is 213 g/mol. The van der Waals surface area contributed by atoms with Crippen LogP contribution in [0.4, 0.5) is 0 Å². The minimum absolute atomic E-state index is 0.561. The quantitative estimate of drug-likeness (QED) is 0.714. The van der Waals surface area contributed by atoms with Gasteiger partial charge in [-0.3, -0.25) is 0 Å². The van der Waals surface area contributed by atoms with Gasteiger partial charge < -0.3 is 5.73 Å². The lowest BCUT2D eigenvalue weighted by atomic mass is 10.2. The summed E-state index contributed by atoms with van der Waals surface area (Å²) in [6.07, 6.45) is 0.669. The van der Waals surface area contributed by atoms with Crippen molar-refractivity contribution in [2.75, 3.05) is 6.54 Å². The molecule has 0 radical (unpaired) electrons. The van der Waals surface area contributed by atoms with Crippen LogP contribution in [0.1, 0.15) is 12.0 Å². The van der Waals surface area contributed by atoms with Crippen molar-refractivity contribution in [3.8, 4) is 11.8 Å². The Morgan fingerprint density at radius 3 is 2.77 bits per heavy atom. The summed E-state index contributed by atoms with van der Waals surface area (Å²) in [4.78, 5) is 0. The lowest BCUT2D eigenvalue weighted by Crippen LogP contribution is -1.95. The zero-order chi connectivity index (χ0) is 9.68. The highest BCUT2D eigenvalue weighted by molar-refractivity contribution is 6.33. The van der Waals surface area contributed by atoms with Crippen LogP contribution in [0.25, 0.3) is 0 Å². The van der Waals surface area contributed by atoms with Crippen LogP contribution in [0.2, 0.25) is 10.0 Å². The minimum Gasteiger partial charge on any atom is -0.330 e. The van der Waals surface area contributed by atoms with Crippen molar-refractivity contribution in [2.24, 2.45) is 5.73 Å². The molecule has 0 unspecified atom stereocenters. The first kappa shape index (κ1) is 10.4. The van der Waals surface area contributed by atoms with E-state index in [1.54, 1.807) is 18.2 Å². The SMILES string of the molecule is NCCC#Cc1cc(Cl)ccc1Cl. The Hall–Kier alpha value is -0.680. The number of hydrogen-bond acceptors (Lipinski definition) is 1. The molecule has 0 aliphatic carbocycles. The van der Waals surface area contributed by atoms with Crippen molar-refractivity contribution in [3.63, 3.8) is 0 Å². The Labute approximate surface area is 87.8 Å². The highest BCUT2D eigenvalue weighted by atomic mass is 35.5. The molecule has 0 saturated heterocycles. The molecule has 0 atom stereocenters. The van der Waals surface area contributed by atoms with Gasteiger partial charge in [0.2, 0.25) is 0 Å². The summed E-state index contributed by atoms with van der Waals surface area (Å²) >= 11 is 11.7. The first-order valence-electron chi connectivity index (χ1n) is 3.88. The van der Waals surface area contributed by atoms with E-state index in [4.69, 9.17) is 28.9 Å². The molecule has 68 valence electrons. The number of hydrogen-bond donors (Lipinski definition) is 1. The van der Waals surface area contributed by atoms with E-state index >= 15 is 0 Å². The average Bonchev–Trinajstić information content (AvgIpc) is 2.11. The third kappa shape index (κ3) is 3.28. The van der Waals surface area contributed by atoms with Crippen molar-refractivity contribution in [1.29, 1.82) is 0 Å². The van der Waals surface area contributed by atoms with E-state index in [2.05, 4.69) is 11.8 Å². The summed E-state index contributed by atoms with van der Waals surface area (Å²) in [5, 5.41) is 1.26. The van der Waals surface area contributed by atoms with Crippen LogP contribution < -0.4 is 5.73 Å². The Balaban J connectivity index is 2.89. The summed E-state index contributed by atoms with van der Waals surface area (Å²) in [5.74, 6) is 5.81. The van der Waals surface area contributed by atoms with E-state index in [0.717, 1.165) is 5.56 Å². The lowest BCUT2D eigenvalue weighted by molar-refractivity contribution is 1.03. The molecule has 0 bridgehead atoms. The number of benzene rings is 1. The maximum absolute atomic E-state index is 5.88. The standard InChI is InChI=1S/C10H9Cl2N/c11-9-4-5-10(12)8(7-9)3-1-2-6-13/h4-5,7H,2,6,13H2. The van der Waals surface area contributed by atoms with E-state index in [-0.39, 0.29) is 0 Å². The molecule has 0 fully saturated rings. The van der Waals surface area contributed by atoms with Gasteiger partial charge in [0.25, 0.3) is 0 Å². The van der Waals surface area contributed by atoms with Crippen LogP contribution in [-0.2, 0) is 0 Å². The Kier molecular flexibility index (Phi) is 4.11. The van der Waals surface area contributed by atoms with Gasteiger partial charge in [-0.05, 0) is 18.2 Å². The molecule has 1 aromatic rings. The predicted octanol–water partition coefficient (Wildman–Crippen LogP) is 2.69. The summed E-state index contributed by atoms with van der Waals surface area (Å²) in [6.45, 7) is 0.561. The molecule has 1 aromatic carbocycles. The van der Waals surface area contributed by atoms with E-state index < -0.39 is 0 Å². The second-order valence-electron chi connectivity index (χ2n) is 2.46. The van der Waals surface area contributed by atoms with Crippen LogP contribution >= 0.6 is 23.2 Å². The summed E-state index contributed by atoms with van der Waals surface area (Å²) in [6, 6.07) is 5.21. The first-order chi connectivity index (χ1) is 6.24. The largest absolute Gasteiger partial charge is 0.330 e. The van der Waals surface area contributed by atoms with Gasteiger partial charge in [0.15, 0.2) is 0 Å². The maximum atomic E-state index is 5.88. The van der Waals surface area contributed by atoms with Gasteiger partial charge in [-0.1, -0.05) is 35.0 Å². The van der Waals surface area contributed by atoms with Gasteiger partial charge in [0.1, 0.15) is 0 Å². The predicted molar refractivity (Wildman–Crippen MR) is 57.0 cm³/mol. The zero-order valence-corrected chi connectivity index (χ0v) is 8.49. The van der Waals surface area contributed by atoms with Crippen molar-refractivity contribution >= 4 is 23.2 Å². The maximum Gasteiger partial charge on any atom is 0.0563 e. The molecule has 2 N–H and O–H groups in total. The smallest absolute Gasteiger partial charge is 0.0563 e. The van der Waals surface area contributed by atoms with Gasteiger partial charge in [-0.25, -0.2) is 0 Å². The molecule has 3 heteroatoms. The summed E-state index contributed by atoms with van der Waals surface area (Å²) in [5.41, 5.74) is 6.05. The molecule has 0 aromatic heterocycles. The highest BCUT2D eigenvalue weighted by Crippen LogP contribution is 2.19. The zero-order valence-electron chi connectivity index (χ0n) is 6.98. The molecular formula is C10H9Cl2N. The fourth-order valence-corrected chi connectivity index (χ4v) is 1.16. The third-order valence-corrected chi connectivity index (χ3v) is 1.99. The molecule has 1 rings (SSSR count). The molecule has 0 saturated carbocycles. The van der Waals surface area contributed by atoms with Crippen LogP contribution in [0.15, 0.2) is 18.2 Å². The second kappa shape index (κ2) is 5.14. The number of rotatable bonds is 1. The van der Waals surface area contributed by atoms with Gasteiger partial charge in [-0.15, -0.1) is 0 Å². The third-order valence-electron chi connectivity index (χ3n) is 1.42. The van der Waals surface area contributed by atoms with Crippen molar-refractivity contribution in [1.82, 2.24) is 0 Å². The normalized spacial score (nSPS) is 9.15. The second-order valence-corrected chi connectivity index (χ2v) is 3.31. The van der Waals surface area contributed by atoms with Crippen LogP contribution in [-0.4, -0.2) is 6.54 Å². The molecule has 0 heterocycles. The van der Waals surface area contributed by atoms with Gasteiger partial charge in [-0.2, -0.15) is 0 Å². The Morgan fingerprint density at radius 2 is 2.08 bits per heavy atom. The number of halogens is 2. The van der Waals surface area contributed by atoms with Gasteiger partial charge in [0, 0.05) is 23.6 Å². The molecule has 13 heavy (non-hydrogen) atoms. The fraction of sp³-hybridized carbons (Fsp3) is 0.200. The van der Waals surface area contributed by atoms with Crippen LogP contribution in [0, 0.1) is 11.8 Å².